The van der Waals surface area contributed by atoms with Crippen LogP contribution in [0.25, 0.3) is 0 Å². The molecule has 7 heteroatoms. The maximum absolute atomic E-state index is 12.2. The van der Waals surface area contributed by atoms with E-state index in [2.05, 4.69) is 4.99 Å². The van der Waals surface area contributed by atoms with Gasteiger partial charge in [-0.3, -0.25) is 9.79 Å². The number of benzodiazepines with no additional fused rings is 1. The van der Waals surface area contributed by atoms with E-state index < -0.39 is 11.9 Å². The van der Waals surface area contributed by atoms with Gasteiger partial charge in [-0.15, -0.1) is 0 Å². The Balaban J connectivity index is 2.28. The van der Waals surface area contributed by atoms with Gasteiger partial charge in [0.15, 0.2) is 6.54 Å². The predicted octanol–water partition coefficient (Wildman–Crippen LogP) is 3.42. The summed E-state index contributed by atoms with van der Waals surface area (Å²) in [5, 5.41) is 0.896. The molecule has 1 aliphatic heterocycles. The first-order valence-corrected chi connectivity index (χ1v) is 7.34. The first kappa shape index (κ1) is 15.5. The Bertz CT molecular complexity index is 849. The second-order valence-corrected chi connectivity index (χ2v) is 5.60. The van der Waals surface area contributed by atoms with E-state index in [0.717, 1.165) is 11.4 Å². The van der Waals surface area contributed by atoms with Crippen molar-refractivity contribution >= 4 is 46.5 Å². The highest BCUT2D eigenvalue weighted by atomic mass is 35.5. The molecule has 2 aromatic rings. The number of carbonyl (C=O) groups is 2. The van der Waals surface area contributed by atoms with Crippen LogP contribution >= 0.6 is 23.2 Å². The van der Waals surface area contributed by atoms with Crippen LogP contribution in [0.5, 0.6) is 0 Å². The highest BCUT2D eigenvalue weighted by molar-refractivity contribution is 6.37. The van der Waals surface area contributed by atoms with Gasteiger partial charge >= 0.3 is 6.03 Å². The molecule has 0 bridgehead atoms. The molecule has 0 unspecified atom stereocenters. The number of urea groups is 1. The molecule has 3 amide bonds. The second kappa shape index (κ2) is 6.02. The van der Waals surface area contributed by atoms with Crippen molar-refractivity contribution in [3.63, 3.8) is 0 Å². The zero-order chi connectivity index (χ0) is 16.6. The largest absolute Gasteiger partial charge is 0.351 e. The van der Waals surface area contributed by atoms with Crippen LogP contribution in [0.3, 0.4) is 0 Å². The Hall–Kier alpha value is -2.37. The number of aliphatic imine (C=N–C) groups is 1. The molecule has 23 heavy (non-hydrogen) atoms. The van der Waals surface area contributed by atoms with Gasteiger partial charge in [0.1, 0.15) is 0 Å². The van der Waals surface area contributed by atoms with Crippen LogP contribution < -0.4 is 10.6 Å². The molecular weight excluding hydrogens is 337 g/mol. The molecule has 0 atom stereocenters. The number of carbonyl (C=O) groups excluding carboxylic acids is 2. The van der Waals surface area contributed by atoms with E-state index in [9.17, 15) is 9.59 Å². The molecule has 2 N–H and O–H groups in total. The molecule has 0 aliphatic carbocycles. The normalized spacial score (nSPS) is 14.1. The Labute approximate surface area is 142 Å². The molecule has 1 aliphatic rings. The van der Waals surface area contributed by atoms with Crippen LogP contribution in [0.4, 0.5) is 10.5 Å². The fourth-order valence-electron chi connectivity index (χ4n) is 2.35. The minimum Gasteiger partial charge on any atom is -0.351 e. The van der Waals surface area contributed by atoms with Gasteiger partial charge in [0.25, 0.3) is 5.91 Å². The molecule has 0 fully saturated rings. The number of rotatable bonds is 1. The topological polar surface area (TPSA) is 75.8 Å². The van der Waals surface area contributed by atoms with Crippen molar-refractivity contribution in [2.24, 2.45) is 10.7 Å². The van der Waals surface area contributed by atoms with E-state index in [1.807, 2.05) is 0 Å². The number of hydrogen-bond donors (Lipinski definition) is 1. The summed E-state index contributed by atoms with van der Waals surface area (Å²) in [4.78, 5) is 28.9. The zero-order valence-electron chi connectivity index (χ0n) is 11.7. The van der Waals surface area contributed by atoms with E-state index in [4.69, 9.17) is 28.9 Å². The van der Waals surface area contributed by atoms with Crippen LogP contribution in [0.2, 0.25) is 10.0 Å². The van der Waals surface area contributed by atoms with Crippen molar-refractivity contribution in [3.05, 3.63) is 70.2 Å². The van der Waals surface area contributed by atoms with Gasteiger partial charge in [0.2, 0.25) is 0 Å². The van der Waals surface area contributed by atoms with Crippen molar-refractivity contribution in [2.45, 2.75) is 0 Å². The highest BCUT2D eigenvalue weighted by Gasteiger charge is 2.29. The van der Waals surface area contributed by atoms with Gasteiger partial charge in [-0.2, -0.15) is 0 Å². The van der Waals surface area contributed by atoms with Gasteiger partial charge < -0.3 is 5.73 Å². The van der Waals surface area contributed by atoms with Crippen LogP contribution in [0.1, 0.15) is 11.1 Å². The third-order valence-electron chi connectivity index (χ3n) is 3.33. The number of imide groups is 1. The zero-order valence-corrected chi connectivity index (χ0v) is 13.2. The van der Waals surface area contributed by atoms with Gasteiger partial charge in [0.05, 0.1) is 11.4 Å². The SMILES string of the molecule is NC(=O)N1C(=O)[CH]N=C(c2ccccc2Cl)c2cc(Cl)ccc21. The molecule has 5 nitrogen and oxygen atoms in total. The standard InChI is InChI=1S/C16H10Cl2N3O2/c17-9-5-6-13-11(7-9)15(10-3-1-2-4-12(10)18)20-8-14(22)21(13)16(19)23/h1-8H,(H2,19,23). The summed E-state index contributed by atoms with van der Waals surface area (Å²) in [6.45, 7) is 1.04. The summed E-state index contributed by atoms with van der Waals surface area (Å²) in [6, 6.07) is 10.9. The first-order valence-electron chi connectivity index (χ1n) is 6.58. The molecule has 0 spiro atoms. The third kappa shape index (κ3) is 2.81. The number of halogens is 2. The monoisotopic (exact) mass is 346 g/mol. The lowest BCUT2D eigenvalue weighted by Gasteiger charge is -2.19. The smallest absolute Gasteiger partial charge is 0.326 e. The van der Waals surface area contributed by atoms with Crippen LogP contribution in [-0.2, 0) is 4.79 Å². The Morgan fingerprint density at radius 2 is 1.83 bits per heavy atom. The summed E-state index contributed by atoms with van der Waals surface area (Å²) < 4.78 is 0. The summed E-state index contributed by atoms with van der Waals surface area (Å²) >= 11 is 12.3. The number of primary amides is 1. The summed E-state index contributed by atoms with van der Waals surface area (Å²) in [7, 11) is 0. The lowest BCUT2D eigenvalue weighted by Crippen LogP contribution is -2.40. The van der Waals surface area contributed by atoms with E-state index in [-0.39, 0.29) is 0 Å². The summed E-state index contributed by atoms with van der Waals surface area (Å²) in [6.07, 6.45) is 0. The minimum atomic E-state index is -0.898. The van der Waals surface area contributed by atoms with Crippen LogP contribution in [0.15, 0.2) is 47.5 Å². The summed E-state index contributed by atoms with van der Waals surface area (Å²) in [5.74, 6) is -0.636. The number of amides is 3. The van der Waals surface area contributed by atoms with E-state index in [0.29, 0.717) is 32.6 Å². The van der Waals surface area contributed by atoms with Crippen molar-refractivity contribution in [1.82, 2.24) is 0 Å². The molecule has 1 radical (unpaired) electrons. The predicted molar refractivity (Wildman–Crippen MR) is 89.9 cm³/mol. The van der Waals surface area contributed by atoms with Crippen molar-refractivity contribution in [3.8, 4) is 0 Å². The Morgan fingerprint density at radius 3 is 2.52 bits per heavy atom. The molecule has 0 aromatic heterocycles. The third-order valence-corrected chi connectivity index (χ3v) is 3.89. The molecule has 0 saturated carbocycles. The maximum atomic E-state index is 12.2. The van der Waals surface area contributed by atoms with Crippen molar-refractivity contribution in [1.29, 1.82) is 0 Å². The van der Waals surface area contributed by atoms with E-state index >= 15 is 0 Å². The summed E-state index contributed by atoms with van der Waals surface area (Å²) in [5.41, 5.74) is 7.18. The lowest BCUT2D eigenvalue weighted by atomic mass is 10.00. The van der Waals surface area contributed by atoms with Crippen LogP contribution in [-0.4, -0.2) is 17.6 Å². The average molecular weight is 347 g/mol. The molecule has 2 aromatic carbocycles. The number of hydrogen-bond acceptors (Lipinski definition) is 3. The first-order chi connectivity index (χ1) is 11.0. The maximum Gasteiger partial charge on any atom is 0.326 e. The molecule has 3 rings (SSSR count). The van der Waals surface area contributed by atoms with Crippen molar-refractivity contribution < 1.29 is 9.59 Å². The lowest BCUT2D eigenvalue weighted by molar-refractivity contribution is -0.114. The number of anilines is 1. The Morgan fingerprint density at radius 1 is 1.09 bits per heavy atom. The number of nitrogens with two attached hydrogens (primary N) is 1. The van der Waals surface area contributed by atoms with Crippen LogP contribution in [0, 0.1) is 6.54 Å². The fourth-order valence-corrected chi connectivity index (χ4v) is 2.75. The van der Waals surface area contributed by atoms with Gasteiger partial charge in [0, 0.05) is 21.2 Å². The van der Waals surface area contributed by atoms with Gasteiger partial charge in [-0.25, -0.2) is 9.69 Å². The van der Waals surface area contributed by atoms with E-state index in [1.165, 1.54) is 0 Å². The Kier molecular flexibility index (Phi) is 4.07. The second-order valence-electron chi connectivity index (χ2n) is 4.76. The molecule has 1 heterocycles. The molecular formula is C16H10Cl2N3O2. The molecule has 0 saturated heterocycles. The highest BCUT2D eigenvalue weighted by Crippen LogP contribution is 2.32. The number of nitrogens with zero attached hydrogens (tertiary/aromatic N) is 2. The molecule has 115 valence electrons. The number of benzene rings is 2. The average Bonchev–Trinajstić information content (AvgIpc) is 2.64. The van der Waals surface area contributed by atoms with Gasteiger partial charge in [-0.1, -0.05) is 41.4 Å². The van der Waals surface area contributed by atoms with E-state index in [1.54, 1.807) is 42.5 Å². The minimum absolute atomic E-state index is 0.305. The van der Waals surface area contributed by atoms with Gasteiger partial charge in [-0.05, 0) is 24.3 Å². The fraction of sp³-hybridized carbons (Fsp3) is 0. The number of fused-ring (bicyclic) bond motifs is 1. The quantitative estimate of drug-likeness (QED) is 0.858. The van der Waals surface area contributed by atoms with Crippen molar-refractivity contribution in [2.75, 3.05) is 4.90 Å².